The largest absolute Gasteiger partial charge is 0.472 e. The minimum absolute atomic E-state index is 0.104. The van der Waals surface area contributed by atoms with E-state index in [1.54, 1.807) is 0 Å². The number of aliphatic hydroxyl groups is 1. The van der Waals surface area contributed by atoms with Crippen molar-refractivity contribution in [1.29, 1.82) is 0 Å². The molecule has 0 aliphatic rings. The summed E-state index contributed by atoms with van der Waals surface area (Å²) in [5, 5.41) is 10.6. The number of aliphatic hydroxyl groups excluding tert-OH is 1. The number of phosphoric ester groups is 2. The standard InChI is InChI=1S/C81H158O17P2/c1-71(2)57-49-41-33-25-21-17-13-9-11-15-19-23-27-37-45-53-61-78(83)91-67-76(97-80(85)63-55-47-39-28-24-20-16-12-10-14-18-22-26-34-42-50-58-72(3)4)69-95-99(87,88)93-65-75(82)66-94-100(89,90)96-70-77(98-81(86)64-56-48-40-32-30-36-44-52-60-74(7)8)68-92-79(84)62-54-46-38-31-29-35-43-51-59-73(5)6/h71-77,82H,9-70H2,1-8H3,(H,87,88)(H,89,90)/t75?,76-,77-/m1/s1. The second-order valence-corrected chi connectivity index (χ2v) is 34.0. The summed E-state index contributed by atoms with van der Waals surface area (Å²) in [5.41, 5.74) is 0. The van der Waals surface area contributed by atoms with Crippen LogP contribution in [0.1, 0.15) is 415 Å². The molecule has 0 aromatic heterocycles. The quantitative estimate of drug-likeness (QED) is 0.0222. The van der Waals surface area contributed by atoms with Gasteiger partial charge in [0.15, 0.2) is 12.2 Å². The van der Waals surface area contributed by atoms with Gasteiger partial charge in [-0.1, -0.05) is 364 Å². The van der Waals surface area contributed by atoms with Crippen LogP contribution in [-0.2, 0) is 65.4 Å². The van der Waals surface area contributed by atoms with Gasteiger partial charge in [0, 0.05) is 25.7 Å². The number of phosphoric acid groups is 2. The fourth-order valence-corrected chi connectivity index (χ4v) is 14.0. The van der Waals surface area contributed by atoms with Crippen LogP contribution in [-0.4, -0.2) is 96.7 Å². The highest BCUT2D eigenvalue weighted by atomic mass is 31.2. The highest BCUT2D eigenvalue weighted by molar-refractivity contribution is 7.47. The first-order valence-electron chi connectivity index (χ1n) is 41.7. The van der Waals surface area contributed by atoms with E-state index >= 15 is 0 Å². The number of unbranched alkanes of at least 4 members (excludes halogenated alkanes) is 44. The van der Waals surface area contributed by atoms with Crippen molar-refractivity contribution in [2.24, 2.45) is 23.7 Å². The third-order valence-corrected chi connectivity index (χ3v) is 20.7. The average Bonchev–Trinajstić information content (AvgIpc) is 0.922. The zero-order chi connectivity index (χ0) is 73.8. The number of carbonyl (C=O) groups is 4. The van der Waals surface area contributed by atoms with Crippen LogP contribution in [0.5, 0.6) is 0 Å². The number of hydrogen-bond acceptors (Lipinski definition) is 15. The molecule has 0 aliphatic carbocycles. The van der Waals surface area contributed by atoms with Gasteiger partial charge in [-0.3, -0.25) is 37.3 Å². The van der Waals surface area contributed by atoms with Gasteiger partial charge in [0.1, 0.15) is 19.3 Å². The molecule has 0 rings (SSSR count). The Morgan fingerprint density at radius 3 is 0.620 bits per heavy atom. The summed E-state index contributed by atoms with van der Waals surface area (Å²) < 4.78 is 68.7. The predicted molar refractivity (Wildman–Crippen MR) is 409 cm³/mol. The summed E-state index contributed by atoms with van der Waals surface area (Å²) in [6.45, 7) is 14.2. The monoisotopic (exact) mass is 1470 g/mol. The van der Waals surface area contributed by atoms with Crippen LogP contribution in [0.15, 0.2) is 0 Å². The van der Waals surface area contributed by atoms with Gasteiger partial charge in [-0.25, -0.2) is 9.13 Å². The summed E-state index contributed by atoms with van der Waals surface area (Å²) in [6.07, 6.45) is 57.1. The molecule has 3 N–H and O–H groups in total. The third-order valence-electron chi connectivity index (χ3n) is 18.8. The maximum absolute atomic E-state index is 13.1. The maximum atomic E-state index is 13.1. The van der Waals surface area contributed by atoms with Crippen LogP contribution in [0, 0.1) is 23.7 Å². The molecule has 594 valence electrons. The first-order chi connectivity index (χ1) is 48.1. The van der Waals surface area contributed by atoms with E-state index in [0.717, 1.165) is 114 Å². The van der Waals surface area contributed by atoms with Gasteiger partial charge in [-0.2, -0.15) is 0 Å². The smallest absolute Gasteiger partial charge is 0.462 e. The van der Waals surface area contributed by atoms with Crippen molar-refractivity contribution in [3.63, 3.8) is 0 Å². The molecule has 0 heterocycles. The molecule has 0 aromatic carbocycles. The Bertz CT molecular complexity index is 1950. The molecule has 3 unspecified atom stereocenters. The highest BCUT2D eigenvalue weighted by Crippen LogP contribution is 2.45. The van der Waals surface area contributed by atoms with Crippen LogP contribution in [0.25, 0.3) is 0 Å². The third kappa shape index (κ3) is 74.3. The zero-order valence-electron chi connectivity index (χ0n) is 65.8. The van der Waals surface area contributed by atoms with Gasteiger partial charge in [0.05, 0.1) is 26.4 Å². The summed E-state index contributed by atoms with van der Waals surface area (Å²) in [6, 6.07) is 0. The van der Waals surface area contributed by atoms with Crippen molar-refractivity contribution in [3.8, 4) is 0 Å². The van der Waals surface area contributed by atoms with Crippen molar-refractivity contribution < 1.29 is 80.2 Å². The molecule has 0 saturated carbocycles. The molecule has 0 radical (unpaired) electrons. The Balaban J connectivity index is 5.23. The number of esters is 4. The number of carbonyl (C=O) groups excluding carboxylic acids is 4. The van der Waals surface area contributed by atoms with Gasteiger partial charge in [0.2, 0.25) is 0 Å². The van der Waals surface area contributed by atoms with Gasteiger partial charge < -0.3 is 33.8 Å². The van der Waals surface area contributed by atoms with Crippen LogP contribution in [0.2, 0.25) is 0 Å². The van der Waals surface area contributed by atoms with Crippen LogP contribution < -0.4 is 0 Å². The summed E-state index contributed by atoms with van der Waals surface area (Å²) in [7, 11) is -9.92. The first-order valence-corrected chi connectivity index (χ1v) is 44.7. The molecule has 0 spiro atoms. The second-order valence-electron chi connectivity index (χ2n) is 31.1. The topological polar surface area (TPSA) is 237 Å². The molecule has 5 atom stereocenters. The van der Waals surface area contributed by atoms with Crippen molar-refractivity contribution in [2.45, 2.75) is 433 Å². The molecular formula is C81H158O17P2. The predicted octanol–water partition coefficient (Wildman–Crippen LogP) is 24.0. The van der Waals surface area contributed by atoms with E-state index in [2.05, 4.69) is 55.4 Å². The molecule has 0 aromatic rings. The van der Waals surface area contributed by atoms with E-state index in [9.17, 15) is 43.2 Å². The molecule has 0 bridgehead atoms. The van der Waals surface area contributed by atoms with E-state index < -0.39 is 97.5 Å². The Morgan fingerprint density at radius 2 is 0.420 bits per heavy atom. The molecular weight excluding hydrogens is 1310 g/mol. The minimum atomic E-state index is -4.96. The van der Waals surface area contributed by atoms with Gasteiger partial charge >= 0.3 is 39.5 Å². The van der Waals surface area contributed by atoms with Gasteiger partial charge in [-0.15, -0.1) is 0 Å². The van der Waals surface area contributed by atoms with Crippen molar-refractivity contribution in [3.05, 3.63) is 0 Å². The molecule has 100 heavy (non-hydrogen) atoms. The molecule has 0 saturated heterocycles. The van der Waals surface area contributed by atoms with E-state index in [4.69, 9.17) is 37.0 Å². The lowest BCUT2D eigenvalue weighted by atomic mass is 10.0. The zero-order valence-corrected chi connectivity index (χ0v) is 67.6. The second kappa shape index (κ2) is 70.1. The lowest BCUT2D eigenvalue weighted by Gasteiger charge is -2.21. The average molecular weight is 1470 g/mol. The Labute approximate surface area is 613 Å². The van der Waals surface area contributed by atoms with Crippen LogP contribution in [0.4, 0.5) is 0 Å². The summed E-state index contributed by atoms with van der Waals surface area (Å²) in [5.74, 6) is 0.950. The van der Waals surface area contributed by atoms with E-state index in [1.165, 1.54) is 218 Å². The van der Waals surface area contributed by atoms with Crippen LogP contribution in [0.3, 0.4) is 0 Å². The van der Waals surface area contributed by atoms with Crippen molar-refractivity contribution in [1.82, 2.24) is 0 Å². The summed E-state index contributed by atoms with van der Waals surface area (Å²) >= 11 is 0. The SMILES string of the molecule is CC(C)CCCCCCCCCCCCCCCCCCC(=O)OC[C@H](COP(=O)(O)OCC(O)COP(=O)(O)OC[C@@H](COC(=O)CCCCCCCCCCC(C)C)OC(=O)CCCCCCCCCCC(C)C)OC(=O)CCCCCCCCCCCCCCCCCCC(C)C. The molecule has 19 heteroatoms. The minimum Gasteiger partial charge on any atom is -0.462 e. The Hall–Kier alpha value is -1.94. The Morgan fingerprint density at radius 1 is 0.250 bits per heavy atom. The van der Waals surface area contributed by atoms with E-state index in [1.807, 2.05) is 0 Å². The fourth-order valence-electron chi connectivity index (χ4n) is 12.4. The normalized spacial score (nSPS) is 14.0. The molecule has 17 nitrogen and oxygen atoms in total. The van der Waals surface area contributed by atoms with E-state index in [0.29, 0.717) is 25.7 Å². The van der Waals surface area contributed by atoms with E-state index in [-0.39, 0.29) is 25.7 Å². The van der Waals surface area contributed by atoms with Gasteiger partial charge in [-0.05, 0) is 49.4 Å². The summed E-state index contributed by atoms with van der Waals surface area (Å²) in [4.78, 5) is 73.0. The lowest BCUT2D eigenvalue weighted by Crippen LogP contribution is -2.30. The first kappa shape index (κ1) is 98.1. The molecule has 0 aliphatic heterocycles. The Kier molecular flexibility index (Phi) is 68.7. The molecule has 0 amide bonds. The lowest BCUT2D eigenvalue weighted by molar-refractivity contribution is -0.161. The number of hydrogen-bond donors (Lipinski definition) is 3. The number of ether oxygens (including phenoxy) is 4. The van der Waals surface area contributed by atoms with Crippen molar-refractivity contribution in [2.75, 3.05) is 39.6 Å². The van der Waals surface area contributed by atoms with Gasteiger partial charge in [0.25, 0.3) is 0 Å². The number of rotatable bonds is 78. The highest BCUT2D eigenvalue weighted by Gasteiger charge is 2.30. The van der Waals surface area contributed by atoms with Crippen molar-refractivity contribution >= 4 is 39.5 Å². The maximum Gasteiger partial charge on any atom is 0.472 e. The fraction of sp³-hybridized carbons (Fsp3) is 0.951. The van der Waals surface area contributed by atoms with Crippen LogP contribution >= 0.6 is 15.6 Å². The molecule has 0 fully saturated rings.